The highest BCUT2D eigenvalue weighted by Crippen LogP contribution is 2.43. The largest absolute Gasteiger partial charge is 0.455 e. The van der Waals surface area contributed by atoms with Crippen LogP contribution >= 0.6 is 0 Å². The molecule has 55 heavy (non-hydrogen) atoms. The number of benzene rings is 9. The zero-order chi connectivity index (χ0) is 36.3. The molecule has 9 aromatic carbocycles. The normalized spacial score (nSPS) is 11.6. The average Bonchev–Trinajstić information content (AvgIpc) is 3.66. The average molecular weight is 702 g/mol. The lowest BCUT2D eigenvalue weighted by atomic mass is 9.92. The van der Waals surface area contributed by atoms with Gasteiger partial charge >= 0.3 is 0 Å². The van der Waals surface area contributed by atoms with Gasteiger partial charge in [-0.1, -0.05) is 158 Å². The number of furan rings is 1. The van der Waals surface area contributed by atoms with Crippen LogP contribution in [0.5, 0.6) is 0 Å². The minimum atomic E-state index is 0.614. The number of aromatic nitrogens is 3. The van der Waals surface area contributed by atoms with E-state index in [9.17, 15) is 0 Å². The summed E-state index contributed by atoms with van der Waals surface area (Å²) in [5, 5.41) is 9.11. The van der Waals surface area contributed by atoms with E-state index in [2.05, 4.69) is 164 Å². The summed E-state index contributed by atoms with van der Waals surface area (Å²) in [6.45, 7) is 0. The number of para-hydroxylation sites is 1. The molecule has 0 spiro atoms. The van der Waals surface area contributed by atoms with E-state index in [1.165, 1.54) is 16.2 Å². The molecular weight excluding hydrogens is 671 g/mol. The van der Waals surface area contributed by atoms with Gasteiger partial charge in [0.25, 0.3) is 0 Å². The quantitative estimate of drug-likeness (QED) is 0.168. The first-order valence-electron chi connectivity index (χ1n) is 18.5. The zero-order valence-corrected chi connectivity index (χ0v) is 29.6. The Labute approximate surface area is 317 Å². The summed E-state index contributed by atoms with van der Waals surface area (Å²) >= 11 is 0. The van der Waals surface area contributed by atoms with Gasteiger partial charge in [0, 0.05) is 32.8 Å². The molecule has 0 amide bonds. The van der Waals surface area contributed by atoms with Crippen molar-refractivity contribution in [3.8, 4) is 56.4 Å². The molecule has 4 nitrogen and oxygen atoms in total. The lowest BCUT2D eigenvalue weighted by Crippen LogP contribution is -2.00. The van der Waals surface area contributed by atoms with E-state index >= 15 is 0 Å². The topological polar surface area (TPSA) is 51.8 Å². The van der Waals surface area contributed by atoms with Gasteiger partial charge in [-0.3, -0.25) is 0 Å². The van der Waals surface area contributed by atoms with Crippen molar-refractivity contribution in [2.24, 2.45) is 0 Å². The number of hydrogen-bond donors (Lipinski definition) is 0. The van der Waals surface area contributed by atoms with Crippen molar-refractivity contribution in [1.29, 1.82) is 0 Å². The summed E-state index contributed by atoms with van der Waals surface area (Å²) in [6.07, 6.45) is 0. The Morgan fingerprint density at radius 1 is 0.273 bits per heavy atom. The van der Waals surface area contributed by atoms with Crippen LogP contribution in [0.4, 0.5) is 0 Å². The maximum Gasteiger partial charge on any atom is 0.164 e. The molecule has 0 radical (unpaired) electrons. The maximum atomic E-state index is 6.62. The summed E-state index contributed by atoms with van der Waals surface area (Å²) in [5.41, 5.74) is 9.05. The van der Waals surface area contributed by atoms with Crippen LogP contribution in [0.1, 0.15) is 0 Å². The summed E-state index contributed by atoms with van der Waals surface area (Å²) in [5.74, 6) is 1.86. The van der Waals surface area contributed by atoms with Gasteiger partial charge < -0.3 is 4.42 Å². The van der Waals surface area contributed by atoms with Gasteiger partial charge in [-0.25, -0.2) is 15.0 Å². The minimum Gasteiger partial charge on any atom is -0.455 e. The van der Waals surface area contributed by atoms with Crippen molar-refractivity contribution in [3.05, 3.63) is 188 Å². The second kappa shape index (κ2) is 12.6. The van der Waals surface area contributed by atoms with E-state index in [0.717, 1.165) is 77.0 Å². The predicted octanol–water partition coefficient (Wildman–Crippen LogP) is 13.6. The lowest BCUT2D eigenvalue weighted by Gasteiger charge is -2.13. The molecule has 256 valence electrons. The molecule has 11 aromatic rings. The number of hydrogen-bond acceptors (Lipinski definition) is 4. The Bertz CT molecular complexity index is 3160. The molecule has 0 aliphatic rings. The Morgan fingerprint density at radius 3 is 1.33 bits per heavy atom. The van der Waals surface area contributed by atoms with Crippen LogP contribution in [0.3, 0.4) is 0 Å². The Balaban J connectivity index is 1.15. The van der Waals surface area contributed by atoms with Crippen molar-refractivity contribution in [2.75, 3.05) is 0 Å². The van der Waals surface area contributed by atoms with Gasteiger partial charge in [-0.15, -0.1) is 0 Å². The molecular formula is C51H31N3O. The third-order valence-corrected chi connectivity index (χ3v) is 10.7. The molecule has 11 rings (SSSR count). The zero-order valence-electron chi connectivity index (χ0n) is 29.6. The smallest absolute Gasteiger partial charge is 0.164 e. The first-order chi connectivity index (χ1) is 27.2. The summed E-state index contributed by atoms with van der Waals surface area (Å²) in [4.78, 5) is 15.5. The number of nitrogens with zero attached hydrogens (tertiary/aromatic N) is 3. The molecule has 0 fully saturated rings. The van der Waals surface area contributed by atoms with E-state index in [-0.39, 0.29) is 0 Å². The van der Waals surface area contributed by atoms with Crippen LogP contribution in [0.2, 0.25) is 0 Å². The van der Waals surface area contributed by atoms with Crippen molar-refractivity contribution in [1.82, 2.24) is 15.0 Å². The fraction of sp³-hybridized carbons (Fsp3) is 0. The third kappa shape index (κ3) is 5.26. The van der Waals surface area contributed by atoms with Gasteiger partial charge in [0.15, 0.2) is 17.5 Å². The van der Waals surface area contributed by atoms with E-state index in [1.54, 1.807) is 0 Å². The SMILES string of the molecule is c1ccc(-c2cccc(-c3nc(-c4cccc(-c5ccccc5)c4)nc(-c4ccc5c(c4)c4ccccc4c4ccc6c7ccccc7oc6c45)n3)c2)cc1. The highest BCUT2D eigenvalue weighted by molar-refractivity contribution is 6.32. The van der Waals surface area contributed by atoms with Crippen molar-refractivity contribution in [3.63, 3.8) is 0 Å². The lowest BCUT2D eigenvalue weighted by molar-refractivity contribution is 0.673. The van der Waals surface area contributed by atoms with Crippen LogP contribution in [0.15, 0.2) is 192 Å². The molecule has 0 aliphatic heterocycles. The molecule has 0 atom stereocenters. The number of fused-ring (bicyclic) bond motifs is 10. The minimum absolute atomic E-state index is 0.614. The van der Waals surface area contributed by atoms with Crippen LogP contribution in [0.25, 0.3) is 111 Å². The molecule has 0 N–H and O–H groups in total. The second-order valence-electron chi connectivity index (χ2n) is 14.0. The maximum absolute atomic E-state index is 6.62. The molecule has 0 saturated carbocycles. The summed E-state index contributed by atoms with van der Waals surface area (Å²) in [7, 11) is 0. The van der Waals surface area contributed by atoms with E-state index in [1.807, 2.05) is 24.3 Å². The molecule has 0 bridgehead atoms. The van der Waals surface area contributed by atoms with Gasteiger partial charge in [-0.2, -0.15) is 0 Å². The fourth-order valence-electron chi connectivity index (χ4n) is 8.06. The standard InChI is InChI=1S/C51H31N3O/c1-3-13-32(14-4-1)34-17-11-19-36(29-34)49-52-50(37-20-12-18-35(30-37)33-15-5-2-6-16-33)54-51(53-49)38-25-26-43-45(31-38)40-22-8-7-21-39(40)42-27-28-44-41-23-9-10-24-46(41)55-48(44)47(42)43/h1-31H. The monoisotopic (exact) mass is 701 g/mol. The molecule has 0 unspecified atom stereocenters. The van der Waals surface area contributed by atoms with E-state index in [4.69, 9.17) is 19.4 Å². The second-order valence-corrected chi connectivity index (χ2v) is 14.0. The molecule has 0 aliphatic carbocycles. The van der Waals surface area contributed by atoms with Gasteiger partial charge in [0.2, 0.25) is 0 Å². The Kier molecular flexibility index (Phi) is 7.14. The molecule has 4 heteroatoms. The van der Waals surface area contributed by atoms with Gasteiger partial charge in [0.1, 0.15) is 11.2 Å². The van der Waals surface area contributed by atoms with E-state index in [0.29, 0.717) is 17.5 Å². The first kappa shape index (κ1) is 31.1. The number of rotatable bonds is 5. The Morgan fingerprint density at radius 2 is 0.709 bits per heavy atom. The predicted molar refractivity (Wildman–Crippen MR) is 227 cm³/mol. The van der Waals surface area contributed by atoms with Crippen LogP contribution in [-0.4, -0.2) is 15.0 Å². The summed E-state index contributed by atoms with van der Waals surface area (Å²) in [6, 6.07) is 65.6. The van der Waals surface area contributed by atoms with Crippen LogP contribution in [0, 0.1) is 0 Å². The fourth-order valence-corrected chi connectivity index (χ4v) is 8.06. The van der Waals surface area contributed by atoms with Crippen LogP contribution in [-0.2, 0) is 0 Å². The summed E-state index contributed by atoms with van der Waals surface area (Å²) < 4.78 is 6.62. The highest BCUT2D eigenvalue weighted by Gasteiger charge is 2.19. The molecule has 0 saturated heterocycles. The highest BCUT2D eigenvalue weighted by atomic mass is 16.3. The van der Waals surface area contributed by atoms with Gasteiger partial charge in [0.05, 0.1) is 0 Å². The van der Waals surface area contributed by atoms with Crippen LogP contribution < -0.4 is 0 Å². The van der Waals surface area contributed by atoms with Crippen molar-refractivity contribution in [2.45, 2.75) is 0 Å². The van der Waals surface area contributed by atoms with Crippen molar-refractivity contribution >= 4 is 54.3 Å². The van der Waals surface area contributed by atoms with Gasteiger partial charge in [-0.05, 0) is 79.5 Å². The van der Waals surface area contributed by atoms with E-state index < -0.39 is 0 Å². The molecule has 2 aromatic heterocycles. The Hall–Kier alpha value is -7.43. The molecule has 2 heterocycles. The van der Waals surface area contributed by atoms with Crippen molar-refractivity contribution < 1.29 is 4.42 Å². The first-order valence-corrected chi connectivity index (χ1v) is 18.5. The third-order valence-electron chi connectivity index (χ3n) is 10.7.